The number of ether oxygens (including phenoxy) is 2. The fourth-order valence-electron chi connectivity index (χ4n) is 3.76. The van der Waals surface area contributed by atoms with Crippen LogP contribution in [0.1, 0.15) is 22.5 Å². The number of hydrogen-bond acceptors (Lipinski definition) is 4. The Morgan fingerprint density at radius 2 is 1.81 bits per heavy atom. The van der Waals surface area contributed by atoms with Crippen molar-refractivity contribution in [3.05, 3.63) is 91.0 Å². The summed E-state index contributed by atoms with van der Waals surface area (Å²) >= 11 is 2.22. The molecule has 1 aliphatic heterocycles. The number of hydrogen-bond donors (Lipinski definition) is 0. The Bertz CT molecular complexity index is 1420. The van der Waals surface area contributed by atoms with Crippen molar-refractivity contribution in [2.24, 2.45) is 0 Å². The Labute approximate surface area is 193 Å². The van der Waals surface area contributed by atoms with E-state index in [2.05, 4.69) is 28.7 Å². The molecule has 0 radical (unpaired) electrons. The molecule has 0 spiro atoms. The average molecular weight is 522 g/mol. The first-order chi connectivity index (χ1) is 15.0. The van der Waals surface area contributed by atoms with Gasteiger partial charge in [0.1, 0.15) is 5.82 Å². The maximum absolute atomic E-state index is 13.6. The molecule has 0 saturated heterocycles. The van der Waals surface area contributed by atoms with Crippen LogP contribution in [0.15, 0.2) is 59.4 Å². The average Bonchev–Trinajstić information content (AvgIpc) is 3.22. The summed E-state index contributed by atoms with van der Waals surface area (Å²) < 4.78 is 13.5. The van der Waals surface area contributed by atoms with Gasteiger partial charge in [-0.05, 0) is 90.0 Å². The van der Waals surface area contributed by atoms with Gasteiger partial charge in [-0.25, -0.2) is 4.98 Å². The predicted molar refractivity (Wildman–Crippen MR) is 131 cm³/mol. The molecule has 0 amide bonds. The molecule has 0 bridgehead atoms. The number of nitrogens with zero attached hydrogens (tertiary/aromatic N) is 2. The summed E-state index contributed by atoms with van der Waals surface area (Å²) in [7, 11) is 0. The Morgan fingerprint density at radius 1 is 0.968 bits per heavy atom. The highest BCUT2D eigenvalue weighted by Crippen LogP contribution is 2.33. The van der Waals surface area contributed by atoms with Gasteiger partial charge in [0.25, 0.3) is 5.56 Å². The summed E-state index contributed by atoms with van der Waals surface area (Å²) in [5.74, 6) is 2.03. The number of fused-ring (bicyclic) bond motifs is 2. The van der Waals surface area contributed by atoms with Crippen LogP contribution in [0.3, 0.4) is 0 Å². The van der Waals surface area contributed by atoms with Crippen molar-refractivity contribution in [3.8, 4) is 17.2 Å². The van der Waals surface area contributed by atoms with E-state index < -0.39 is 0 Å². The first kappa shape index (κ1) is 19.8. The lowest BCUT2D eigenvalue weighted by Crippen LogP contribution is -2.23. The Kier molecular flexibility index (Phi) is 5.02. The van der Waals surface area contributed by atoms with Crippen LogP contribution in [0.2, 0.25) is 0 Å². The smallest absolute Gasteiger partial charge is 0.266 e. The van der Waals surface area contributed by atoms with Crippen LogP contribution in [0.4, 0.5) is 0 Å². The molecule has 31 heavy (non-hydrogen) atoms. The van der Waals surface area contributed by atoms with Crippen molar-refractivity contribution in [1.29, 1.82) is 0 Å². The zero-order valence-corrected chi connectivity index (χ0v) is 19.2. The van der Waals surface area contributed by atoms with Crippen molar-refractivity contribution < 1.29 is 9.47 Å². The lowest BCUT2D eigenvalue weighted by molar-refractivity contribution is 0.174. The predicted octanol–water partition coefficient (Wildman–Crippen LogP) is 5.51. The maximum atomic E-state index is 13.6. The van der Waals surface area contributed by atoms with Crippen molar-refractivity contribution in [3.63, 3.8) is 0 Å². The fraction of sp³-hybridized carbons (Fsp3) is 0.120. The van der Waals surface area contributed by atoms with Gasteiger partial charge >= 0.3 is 0 Å². The second kappa shape index (κ2) is 7.85. The maximum Gasteiger partial charge on any atom is 0.266 e. The van der Waals surface area contributed by atoms with Gasteiger partial charge < -0.3 is 9.47 Å². The SMILES string of the molecule is Cc1ccc(-n2c(/C=C/c3ccc4c(c3)OCO4)nc3ccc(I)cc3c2=O)c(C)c1. The van der Waals surface area contributed by atoms with Gasteiger partial charge in [0.05, 0.1) is 16.6 Å². The minimum atomic E-state index is -0.0826. The summed E-state index contributed by atoms with van der Waals surface area (Å²) in [6, 6.07) is 17.6. The number of halogens is 1. The van der Waals surface area contributed by atoms with E-state index in [1.807, 2.05) is 74.5 Å². The molecule has 0 N–H and O–H groups in total. The second-order valence-corrected chi connectivity index (χ2v) is 8.75. The number of benzene rings is 3. The molecule has 4 aromatic rings. The van der Waals surface area contributed by atoms with Crippen LogP contribution in [-0.2, 0) is 0 Å². The lowest BCUT2D eigenvalue weighted by Gasteiger charge is -2.14. The standard InChI is InChI=1S/C25H19IN2O3/c1-15-3-8-21(16(2)11-15)28-24(27-20-7-6-18(26)13-19(20)25(28)29)10-5-17-4-9-22-23(12-17)31-14-30-22/h3-13H,14H2,1-2H3/b10-5+. The van der Waals surface area contributed by atoms with Crippen LogP contribution < -0.4 is 15.0 Å². The van der Waals surface area contributed by atoms with Gasteiger partial charge in [-0.2, -0.15) is 0 Å². The number of rotatable bonds is 3. The molecule has 6 heteroatoms. The fourth-order valence-corrected chi connectivity index (χ4v) is 4.25. The van der Waals surface area contributed by atoms with E-state index in [4.69, 9.17) is 14.5 Å². The highest BCUT2D eigenvalue weighted by atomic mass is 127. The summed E-state index contributed by atoms with van der Waals surface area (Å²) in [6.07, 6.45) is 3.80. The molecule has 3 aromatic carbocycles. The molecule has 1 aromatic heterocycles. The molecular weight excluding hydrogens is 503 g/mol. The normalized spacial score (nSPS) is 12.7. The lowest BCUT2D eigenvalue weighted by atomic mass is 10.1. The number of aryl methyl sites for hydroxylation is 2. The van der Waals surface area contributed by atoms with Crippen LogP contribution in [0.5, 0.6) is 11.5 Å². The highest BCUT2D eigenvalue weighted by molar-refractivity contribution is 14.1. The zero-order chi connectivity index (χ0) is 21.5. The third-order valence-electron chi connectivity index (χ3n) is 5.27. The van der Waals surface area contributed by atoms with Crippen LogP contribution >= 0.6 is 22.6 Å². The molecule has 0 aliphatic carbocycles. The van der Waals surface area contributed by atoms with Gasteiger partial charge in [-0.15, -0.1) is 0 Å². The van der Waals surface area contributed by atoms with Crippen molar-refractivity contribution in [1.82, 2.24) is 9.55 Å². The topological polar surface area (TPSA) is 53.4 Å². The minimum absolute atomic E-state index is 0.0826. The minimum Gasteiger partial charge on any atom is -0.454 e. The van der Waals surface area contributed by atoms with E-state index in [1.54, 1.807) is 4.57 Å². The van der Waals surface area contributed by atoms with Crippen LogP contribution in [0.25, 0.3) is 28.7 Å². The highest BCUT2D eigenvalue weighted by Gasteiger charge is 2.15. The van der Waals surface area contributed by atoms with E-state index >= 15 is 0 Å². The van der Waals surface area contributed by atoms with Gasteiger partial charge in [0, 0.05) is 3.57 Å². The molecule has 0 unspecified atom stereocenters. The van der Waals surface area contributed by atoms with Crippen molar-refractivity contribution >= 4 is 45.6 Å². The molecular formula is C25H19IN2O3. The quantitative estimate of drug-likeness (QED) is 0.334. The monoisotopic (exact) mass is 522 g/mol. The molecule has 154 valence electrons. The van der Waals surface area contributed by atoms with E-state index in [9.17, 15) is 4.79 Å². The zero-order valence-electron chi connectivity index (χ0n) is 17.1. The van der Waals surface area contributed by atoms with E-state index in [-0.39, 0.29) is 12.4 Å². The summed E-state index contributed by atoms with van der Waals surface area (Å²) in [6.45, 7) is 4.29. The third kappa shape index (κ3) is 3.72. The molecule has 0 atom stereocenters. The summed E-state index contributed by atoms with van der Waals surface area (Å²) in [5, 5.41) is 0.604. The van der Waals surface area contributed by atoms with Crippen molar-refractivity contribution in [2.45, 2.75) is 13.8 Å². The Hall–Kier alpha value is -3.13. The van der Waals surface area contributed by atoms with Crippen LogP contribution in [-0.4, -0.2) is 16.3 Å². The number of aromatic nitrogens is 2. The largest absolute Gasteiger partial charge is 0.454 e. The van der Waals surface area contributed by atoms with Gasteiger partial charge in [0.15, 0.2) is 11.5 Å². The first-order valence-electron chi connectivity index (χ1n) is 9.87. The first-order valence-corrected chi connectivity index (χ1v) is 11.0. The van der Waals surface area contributed by atoms with E-state index in [0.717, 1.165) is 37.4 Å². The van der Waals surface area contributed by atoms with Gasteiger partial charge in [0.2, 0.25) is 6.79 Å². The molecule has 5 rings (SSSR count). The Morgan fingerprint density at radius 3 is 2.65 bits per heavy atom. The van der Waals surface area contributed by atoms with E-state index in [1.165, 1.54) is 0 Å². The molecule has 5 nitrogen and oxygen atoms in total. The second-order valence-electron chi connectivity index (χ2n) is 7.51. The molecule has 1 aliphatic rings. The van der Waals surface area contributed by atoms with Crippen molar-refractivity contribution in [2.75, 3.05) is 6.79 Å². The third-order valence-corrected chi connectivity index (χ3v) is 5.94. The van der Waals surface area contributed by atoms with Gasteiger partial charge in [-0.3, -0.25) is 9.36 Å². The van der Waals surface area contributed by atoms with Gasteiger partial charge in [-0.1, -0.05) is 29.8 Å². The van der Waals surface area contributed by atoms with E-state index in [0.29, 0.717) is 16.7 Å². The Balaban J connectivity index is 1.70. The van der Waals surface area contributed by atoms with Crippen LogP contribution in [0, 0.1) is 17.4 Å². The molecule has 2 heterocycles. The molecule has 0 fully saturated rings. The summed E-state index contributed by atoms with van der Waals surface area (Å²) in [5.41, 5.74) is 4.53. The summed E-state index contributed by atoms with van der Waals surface area (Å²) in [4.78, 5) is 18.4. The molecule has 0 saturated carbocycles.